The summed E-state index contributed by atoms with van der Waals surface area (Å²) in [4.78, 5) is 0. The lowest BCUT2D eigenvalue weighted by atomic mass is 9.81. The van der Waals surface area contributed by atoms with Gasteiger partial charge in [0, 0.05) is 5.39 Å². The highest BCUT2D eigenvalue weighted by atomic mass is 16.3. The second-order valence-electron chi connectivity index (χ2n) is 4.72. The van der Waals surface area contributed by atoms with E-state index in [9.17, 15) is 0 Å². The molecule has 2 aromatic rings. The molecule has 0 amide bonds. The maximum atomic E-state index is 5.60. The molecule has 2 heteroatoms. The molecule has 0 spiro atoms. The number of furan rings is 1. The normalized spacial score (nSPS) is 13.6. The predicted molar refractivity (Wildman–Crippen MR) is 67.3 cm³/mol. The fraction of sp³-hybridized carbons (Fsp3) is 0.385. The van der Waals surface area contributed by atoms with Crippen molar-refractivity contribution >= 4 is 18.8 Å². The summed E-state index contributed by atoms with van der Waals surface area (Å²) in [7, 11) is 2.20. The molecule has 1 atom stereocenters. The van der Waals surface area contributed by atoms with Gasteiger partial charge in [0.2, 0.25) is 0 Å². The molecule has 0 fully saturated rings. The summed E-state index contributed by atoms with van der Waals surface area (Å²) >= 11 is 0. The SMILES string of the molecule is BC(C)c1ccc(C(C)C)c2ccoc12. The van der Waals surface area contributed by atoms with Gasteiger partial charge in [0.25, 0.3) is 0 Å². The second-order valence-corrected chi connectivity index (χ2v) is 4.72. The topological polar surface area (TPSA) is 13.1 Å². The highest BCUT2D eigenvalue weighted by Gasteiger charge is 2.12. The predicted octanol–water partition coefficient (Wildman–Crippen LogP) is 3.25. The zero-order valence-electron chi connectivity index (χ0n) is 9.87. The highest BCUT2D eigenvalue weighted by molar-refractivity contribution is 6.13. The number of fused-ring (bicyclic) bond motifs is 1. The molecule has 0 radical (unpaired) electrons. The molecule has 0 N–H and O–H groups in total. The van der Waals surface area contributed by atoms with Gasteiger partial charge >= 0.3 is 0 Å². The van der Waals surface area contributed by atoms with Crippen LogP contribution in [-0.4, -0.2) is 7.85 Å². The van der Waals surface area contributed by atoms with Crippen LogP contribution in [0.25, 0.3) is 11.0 Å². The Labute approximate surface area is 91.9 Å². The van der Waals surface area contributed by atoms with Crippen molar-refractivity contribution in [3.05, 3.63) is 35.6 Å². The first kappa shape index (κ1) is 10.3. The van der Waals surface area contributed by atoms with E-state index < -0.39 is 0 Å². The van der Waals surface area contributed by atoms with E-state index >= 15 is 0 Å². The molecular formula is C13H17BO. The molecule has 0 saturated carbocycles. The summed E-state index contributed by atoms with van der Waals surface area (Å²) in [6.45, 7) is 6.64. The number of benzene rings is 1. The molecule has 15 heavy (non-hydrogen) atoms. The summed E-state index contributed by atoms with van der Waals surface area (Å²) < 4.78 is 5.60. The molecule has 0 aliphatic heterocycles. The lowest BCUT2D eigenvalue weighted by Gasteiger charge is -2.11. The van der Waals surface area contributed by atoms with Crippen LogP contribution in [0.3, 0.4) is 0 Å². The van der Waals surface area contributed by atoms with Crippen molar-refractivity contribution in [2.45, 2.75) is 32.5 Å². The van der Waals surface area contributed by atoms with Crippen LogP contribution in [0.2, 0.25) is 0 Å². The van der Waals surface area contributed by atoms with Gasteiger partial charge < -0.3 is 4.42 Å². The van der Waals surface area contributed by atoms with E-state index in [1.54, 1.807) is 6.26 Å². The summed E-state index contributed by atoms with van der Waals surface area (Å²) in [5.41, 5.74) is 3.75. The Balaban J connectivity index is 2.71. The number of hydrogen-bond donors (Lipinski definition) is 0. The Bertz CT molecular complexity index is 426. The van der Waals surface area contributed by atoms with Gasteiger partial charge in [-0.3, -0.25) is 0 Å². The van der Waals surface area contributed by atoms with E-state index in [0.29, 0.717) is 11.7 Å². The van der Waals surface area contributed by atoms with Gasteiger partial charge in [-0.25, -0.2) is 0 Å². The Morgan fingerprint density at radius 1 is 1.07 bits per heavy atom. The van der Waals surface area contributed by atoms with Crippen molar-refractivity contribution in [2.75, 3.05) is 0 Å². The molecule has 2 rings (SSSR count). The average molecular weight is 200 g/mol. The van der Waals surface area contributed by atoms with E-state index in [1.807, 2.05) is 0 Å². The van der Waals surface area contributed by atoms with Gasteiger partial charge in [-0.05, 0) is 28.9 Å². The van der Waals surface area contributed by atoms with Crippen LogP contribution in [0.1, 0.15) is 43.6 Å². The largest absolute Gasteiger partial charge is 0.464 e. The monoisotopic (exact) mass is 200 g/mol. The molecule has 78 valence electrons. The van der Waals surface area contributed by atoms with Crippen LogP contribution in [0.4, 0.5) is 0 Å². The van der Waals surface area contributed by atoms with Crippen molar-refractivity contribution in [3.8, 4) is 0 Å². The summed E-state index contributed by atoms with van der Waals surface area (Å²) in [5.74, 6) is 1.06. The molecule has 1 aromatic heterocycles. The zero-order valence-corrected chi connectivity index (χ0v) is 9.87. The first-order valence-electron chi connectivity index (χ1n) is 5.61. The minimum absolute atomic E-state index is 0.514. The Morgan fingerprint density at radius 3 is 2.33 bits per heavy atom. The van der Waals surface area contributed by atoms with Crippen molar-refractivity contribution in [1.29, 1.82) is 0 Å². The zero-order chi connectivity index (χ0) is 11.0. The fourth-order valence-electron chi connectivity index (χ4n) is 2.06. The van der Waals surface area contributed by atoms with E-state index in [1.165, 1.54) is 16.5 Å². The number of hydrogen-bond acceptors (Lipinski definition) is 1. The van der Waals surface area contributed by atoms with Crippen LogP contribution in [0, 0.1) is 0 Å². The lowest BCUT2D eigenvalue weighted by Crippen LogP contribution is -1.95. The maximum absolute atomic E-state index is 5.60. The van der Waals surface area contributed by atoms with Gasteiger partial charge in [-0.2, -0.15) is 0 Å². The lowest BCUT2D eigenvalue weighted by molar-refractivity contribution is 0.610. The molecule has 0 bridgehead atoms. The summed E-state index contributed by atoms with van der Waals surface area (Å²) in [5, 5.41) is 1.27. The molecule has 0 saturated heterocycles. The van der Waals surface area contributed by atoms with Crippen molar-refractivity contribution in [2.24, 2.45) is 0 Å². The van der Waals surface area contributed by atoms with Gasteiger partial charge in [0.15, 0.2) is 0 Å². The van der Waals surface area contributed by atoms with Gasteiger partial charge in [0.05, 0.1) is 6.26 Å². The second kappa shape index (κ2) is 3.76. The van der Waals surface area contributed by atoms with Crippen LogP contribution < -0.4 is 0 Å². The van der Waals surface area contributed by atoms with Crippen LogP contribution in [0.15, 0.2) is 28.9 Å². The third kappa shape index (κ3) is 1.69. The minimum Gasteiger partial charge on any atom is -0.464 e. The van der Waals surface area contributed by atoms with Gasteiger partial charge in [-0.1, -0.05) is 32.9 Å². The van der Waals surface area contributed by atoms with E-state index in [0.717, 1.165) is 5.58 Å². The summed E-state index contributed by atoms with van der Waals surface area (Å²) in [6.07, 6.45) is 1.79. The third-order valence-electron chi connectivity index (χ3n) is 2.92. The molecule has 0 aliphatic carbocycles. The molecule has 1 unspecified atom stereocenters. The van der Waals surface area contributed by atoms with Crippen molar-refractivity contribution in [1.82, 2.24) is 0 Å². The highest BCUT2D eigenvalue weighted by Crippen LogP contribution is 2.31. The minimum atomic E-state index is 0.514. The van der Waals surface area contributed by atoms with Crippen molar-refractivity contribution < 1.29 is 4.42 Å². The average Bonchev–Trinajstić information content (AvgIpc) is 2.63. The number of rotatable bonds is 2. The van der Waals surface area contributed by atoms with E-state index in [-0.39, 0.29) is 0 Å². The first-order chi connectivity index (χ1) is 7.11. The fourth-order valence-corrected chi connectivity index (χ4v) is 2.06. The quantitative estimate of drug-likeness (QED) is 0.678. The molecule has 1 nitrogen and oxygen atoms in total. The molecule has 1 heterocycles. The Kier molecular flexibility index (Phi) is 2.60. The molecule has 0 aliphatic rings. The molecular weight excluding hydrogens is 183 g/mol. The Morgan fingerprint density at radius 2 is 1.73 bits per heavy atom. The van der Waals surface area contributed by atoms with Gasteiger partial charge in [0.1, 0.15) is 13.4 Å². The third-order valence-corrected chi connectivity index (χ3v) is 2.92. The van der Waals surface area contributed by atoms with Crippen molar-refractivity contribution in [3.63, 3.8) is 0 Å². The maximum Gasteiger partial charge on any atom is 0.136 e. The van der Waals surface area contributed by atoms with Crippen LogP contribution >= 0.6 is 0 Å². The Hall–Kier alpha value is -1.18. The van der Waals surface area contributed by atoms with E-state index in [2.05, 4.69) is 46.8 Å². The van der Waals surface area contributed by atoms with Gasteiger partial charge in [-0.15, -0.1) is 0 Å². The smallest absolute Gasteiger partial charge is 0.136 e. The van der Waals surface area contributed by atoms with Crippen LogP contribution in [-0.2, 0) is 0 Å². The molecule has 1 aromatic carbocycles. The van der Waals surface area contributed by atoms with Crippen LogP contribution in [0.5, 0.6) is 0 Å². The van der Waals surface area contributed by atoms with E-state index in [4.69, 9.17) is 4.42 Å². The standard InChI is InChI=1S/C13H17BO/c1-8(2)10-4-5-11(9(3)14)13-12(10)6-7-15-13/h4-9H,14H2,1-3H3. The first-order valence-corrected chi connectivity index (χ1v) is 5.61. The summed E-state index contributed by atoms with van der Waals surface area (Å²) in [6, 6.07) is 6.51.